The van der Waals surface area contributed by atoms with Crippen LogP contribution < -0.4 is 0 Å². The summed E-state index contributed by atoms with van der Waals surface area (Å²) in [6.07, 6.45) is 6.05. The van der Waals surface area contributed by atoms with Gasteiger partial charge in [-0.2, -0.15) is 0 Å². The van der Waals surface area contributed by atoms with Crippen molar-refractivity contribution in [3.05, 3.63) is 69.8 Å². The molecule has 0 heterocycles. The highest BCUT2D eigenvalue weighted by Crippen LogP contribution is 2.39. The molecule has 0 spiro atoms. The van der Waals surface area contributed by atoms with Crippen LogP contribution >= 0.6 is 0 Å². The maximum absolute atomic E-state index is 11.6. The molecule has 0 aliphatic heterocycles. The lowest BCUT2D eigenvalue weighted by Gasteiger charge is -2.36. The van der Waals surface area contributed by atoms with Gasteiger partial charge in [0, 0.05) is 12.5 Å². The number of nitrogens with zero attached hydrogens (tertiary/aromatic N) is 1. The second-order valence-electron chi connectivity index (χ2n) is 5.14. The van der Waals surface area contributed by atoms with Gasteiger partial charge in [-0.15, -0.1) is 10.1 Å². The molecule has 1 aliphatic carbocycles. The molecular weight excluding hydrogens is 318 g/mol. The minimum absolute atomic E-state index is 0.297. The van der Waals surface area contributed by atoms with E-state index in [1.54, 1.807) is 30.4 Å². The fraction of sp³-hybridized carbons (Fsp3) is 0.250. The van der Waals surface area contributed by atoms with Gasteiger partial charge >= 0.3 is 11.9 Å². The van der Waals surface area contributed by atoms with Crippen LogP contribution in [-0.4, -0.2) is 22.1 Å². The Labute approximate surface area is 137 Å². The van der Waals surface area contributed by atoms with E-state index in [2.05, 4.69) is 4.84 Å². The minimum atomic E-state index is -1.53. The minimum Gasteiger partial charge on any atom is -0.481 e. The van der Waals surface area contributed by atoms with Crippen LogP contribution in [0.3, 0.4) is 0 Å². The zero-order valence-electron chi connectivity index (χ0n) is 12.7. The topological polar surface area (TPSA) is 116 Å². The van der Waals surface area contributed by atoms with E-state index in [0.29, 0.717) is 11.1 Å². The van der Waals surface area contributed by atoms with Crippen molar-refractivity contribution in [1.29, 1.82) is 0 Å². The van der Waals surface area contributed by atoms with Gasteiger partial charge in [-0.05, 0) is 17.7 Å². The first kappa shape index (κ1) is 17.2. The second-order valence-corrected chi connectivity index (χ2v) is 5.14. The number of benzene rings is 1. The van der Waals surface area contributed by atoms with Crippen molar-refractivity contribution in [3.8, 4) is 0 Å². The average molecular weight is 333 g/mol. The summed E-state index contributed by atoms with van der Waals surface area (Å²) in [5, 5.41) is 18.9. The number of carbonyl (C=O) groups is 2. The molecule has 8 heteroatoms. The highest BCUT2D eigenvalue weighted by molar-refractivity contribution is 5.77. The number of esters is 1. The van der Waals surface area contributed by atoms with Gasteiger partial charge in [0.05, 0.1) is 0 Å². The van der Waals surface area contributed by atoms with Gasteiger partial charge < -0.3 is 14.7 Å². The number of allylic oxidation sites excluding steroid dienone is 2. The molecule has 2 unspecified atom stereocenters. The van der Waals surface area contributed by atoms with Crippen molar-refractivity contribution >= 4 is 11.9 Å². The molecule has 0 amide bonds. The molecule has 2 rings (SSSR count). The lowest BCUT2D eigenvalue weighted by atomic mass is 9.77. The van der Waals surface area contributed by atoms with Gasteiger partial charge in [0.25, 0.3) is 5.09 Å². The molecule has 0 fully saturated rings. The van der Waals surface area contributed by atoms with Crippen LogP contribution in [0.5, 0.6) is 0 Å². The Balaban J connectivity index is 2.48. The Bertz CT molecular complexity index is 725. The molecule has 1 N–H and O–H groups in total. The van der Waals surface area contributed by atoms with Gasteiger partial charge in [0.1, 0.15) is 12.5 Å². The predicted molar refractivity (Wildman–Crippen MR) is 81.1 cm³/mol. The maximum atomic E-state index is 11.6. The van der Waals surface area contributed by atoms with Crippen molar-refractivity contribution < 1.29 is 29.4 Å². The standard InChI is InChI=1S/C16H15NO7/c1-11(18)24-16(8-3-2-7-14(16)15(19)20)13-6-4-5-12(9-13)10-23-17(21)22/h2-9,14H,10H2,1H3,(H,19,20). The van der Waals surface area contributed by atoms with Crippen molar-refractivity contribution in [2.45, 2.75) is 19.1 Å². The van der Waals surface area contributed by atoms with E-state index in [1.807, 2.05) is 0 Å². The van der Waals surface area contributed by atoms with E-state index in [-0.39, 0.29) is 6.61 Å². The first-order valence-electron chi connectivity index (χ1n) is 7.00. The number of carbonyl (C=O) groups excluding carboxylic acids is 1. The largest absolute Gasteiger partial charge is 0.481 e. The third-order valence-electron chi connectivity index (χ3n) is 3.51. The highest BCUT2D eigenvalue weighted by Gasteiger charge is 2.45. The van der Waals surface area contributed by atoms with Crippen LogP contribution in [0, 0.1) is 16.0 Å². The zero-order valence-corrected chi connectivity index (χ0v) is 12.7. The number of ether oxygens (including phenoxy) is 1. The third kappa shape index (κ3) is 3.60. The van der Waals surface area contributed by atoms with Crippen molar-refractivity contribution in [3.63, 3.8) is 0 Å². The summed E-state index contributed by atoms with van der Waals surface area (Å²) in [5.41, 5.74) is -0.699. The maximum Gasteiger partial charge on any atom is 0.315 e. The lowest BCUT2D eigenvalue weighted by molar-refractivity contribution is -0.763. The van der Waals surface area contributed by atoms with Gasteiger partial charge in [-0.25, -0.2) is 0 Å². The first-order valence-corrected chi connectivity index (χ1v) is 7.00. The van der Waals surface area contributed by atoms with E-state index in [9.17, 15) is 24.8 Å². The molecule has 24 heavy (non-hydrogen) atoms. The fourth-order valence-corrected chi connectivity index (χ4v) is 2.59. The lowest BCUT2D eigenvalue weighted by Crippen LogP contribution is -2.42. The molecule has 0 saturated heterocycles. The monoisotopic (exact) mass is 333 g/mol. The van der Waals surface area contributed by atoms with Gasteiger partial charge in [0.2, 0.25) is 0 Å². The number of hydrogen-bond donors (Lipinski definition) is 1. The average Bonchev–Trinajstić information content (AvgIpc) is 2.52. The Kier molecular flexibility index (Phi) is 4.98. The Hall–Kier alpha value is -3.16. The summed E-state index contributed by atoms with van der Waals surface area (Å²) in [6, 6.07) is 6.29. The van der Waals surface area contributed by atoms with Gasteiger partial charge in [-0.3, -0.25) is 9.59 Å². The van der Waals surface area contributed by atoms with Crippen molar-refractivity contribution in [2.24, 2.45) is 5.92 Å². The third-order valence-corrected chi connectivity index (χ3v) is 3.51. The molecule has 1 aromatic carbocycles. The second kappa shape index (κ2) is 6.95. The summed E-state index contributed by atoms with van der Waals surface area (Å²) in [7, 11) is 0. The van der Waals surface area contributed by atoms with Crippen LogP contribution in [0.2, 0.25) is 0 Å². The molecule has 1 aliphatic rings. The number of carboxylic acid groups (broad SMARTS) is 1. The summed E-state index contributed by atoms with van der Waals surface area (Å²) in [5.74, 6) is -2.94. The molecule has 126 valence electrons. The fourth-order valence-electron chi connectivity index (χ4n) is 2.59. The van der Waals surface area contributed by atoms with Crippen LogP contribution in [0.4, 0.5) is 0 Å². The summed E-state index contributed by atoms with van der Waals surface area (Å²) in [6.45, 7) is 0.890. The molecular formula is C16H15NO7. The van der Waals surface area contributed by atoms with Crippen LogP contribution in [0.1, 0.15) is 18.1 Å². The Morgan fingerprint density at radius 3 is 2.75 bits per heavy atom. The van der Waals surface area contributed by atoms with Crippen LogP contribution in [0.15, 0.2) is 48.6 Å². The van der Waals surface area contributed by atoms with E-state index < -0.39 is 28.5 Å². The SMILES string of the molecule is CC(=O)OC1(c2cccc(CO[N+](=O)[O-])c2)C=CC=CC1C(=O)O. The highest BCUT2D eigenvalue weighted by atomic mass is 16.9. The molecule has 0 saturated carbocycles. The number of aliphatic carboxylic acids is 1. The first-order chi connectivity index (χ1) is 11.3. The zero-order chi connectivity index (χ0) is 17.7. The van der Waals surface area contributed by atoms with E-state index in [4.69, 9.17) is 4.74 Å². The van der Waals surface area contributed by atoms with E-state index in [1.165, 1.54) is 25.1 Å². The van der Waals surface area contributed by atoms with Crippen molar-refractivity contribution in [1.82, 2.24) is 0 Å². The summed E-state index contributed by atoms with van der Waals surface area (Å²) in [4.78, 5) is 37.9. The number of carboxylic acids is 1. The van der Waals surface area contributed by atoms with Gasteiger partial charge in [0.15, 0.2) is 5.60 Å². The number of rotatable bonds is 6. The predicted octanol–water partition coefficient (Wildman–Crippen LogP) is 1.98. The van der Waals surface area contributed by atoms with Crippen LogP contribution in [0.25, 0.3) is 0 Å². The van der Waals surface area contributed by atoms with E-state index >= 15 is 0 Å². The molecule has 0 radical (unpaired) electrons. The van der Waals surface area contributed by atoms with Crippen molar-refractivity contribution in [2.75, 3.05) is 0 Å². The summed E-state index contributed by atoms with van der Waals surface area (Å²) >= 11 is 0. The molecule has 0 bridgehead atoms. The normalized spacial score (nSPS) is 22.0. The Morgan fingerprint density at radius 2 is 2.12 bits per heavy atom. The smallest absolute Gasteiger partial charge is 0.315 e. The van der Waals surface area contributed by atoms with Crippen LogP contribution in [-0.2, 0) is 31.4 Å². The number of hydrogen-bond acceptors (Lipinski definition) is 6. The molecule has 1 aromatic rings. The molecule has 0 aromatic heterocycles. The van der Waals surface area contributed by atoms with Gasteiger partial charge in [-0.1, -0.05) is 36.4 Å². The quantitative estimate of drug-likeness (QED) is 0.480. The Morgan fingerprint density at radius 1 is 1.38 bits per heavy atom. The summed E-state index contributed by atoms with van der Waals surface area (Å²) < 4.78 is 5.39. The van der Waals surface area contributed by atoms with E-state index in [0.717, 1.165) is 0 Å². The molecule has 2 atom stereocenters. The molecule has 8 nitrogen and oxygen atoms in total.